The van der Waals surface area contributed by atoms with E-state index in [4.69, 9.17) is 0 Å². The van der Waals surface area contributed by atoms with E-state index >= 15 is 0 Å². The molecule has 3 fully saturated rings. The van der Waals surface area contributed by atoms with Crippen LogP contribution in [0.15, 0.2) is 47.1 Å². The van der Waals surface area contributed by atoms with Gasteiger partial charge in [-0.3, -0.25) is 4.79 Å². The molecule has 0 amide bonds. The number of aliphatic hydroxyl groups excluding tert-OH is 1. The Hall–Kier alpha value is -2.35. The standard InChI is InChI=1S/C35H45NO3/c1-33(2,3)17-18-35(39)16-15-31-29-13-9-24-20-27(38)12-14-28(24)32(29)30(21-34(31,35)4)23-7-10-25(11-8-23)36-19-5-6-26(36)22-37/h7-8,10-11,20,26,29-31,37,39H,5-6,9,12-16,19,21-22H2,1-4H3/t26?,29-,30+,31-,34-,35+/m0/s1. The molecule has 5 aliphatic rings. The number of carbonyl (C=O) groups excluding carboxylic acids is 1. The lowest BCUT2D eigenvalue weighted by Gasteiger charge is -2.53. The maximum atomic E-state index is 12.3. The summed E-state index contributed by atoms with van der Waals surface area (Å²) >= 11 is 0. The van der Waals surface area contributed by atoms with Crippen LogP contribution >= 0.6 is 0 Å². The van der Waals surface area contributed by atoms with Gasteiger partial charge in [0.25, 0.3) is 0 Å². The van der Waals surface area contributed by atoms with E-state index in [2.05, 4.69) is 68.7 Å². The largest absolute Gasteiger partial charge is 0.394 e. The summed E-state index contributed by atoms with van der Waals surface area (Å²) in [4.78, 5) is 14.7. The van der Waals surface area contributed by atoms with E-state index in [1.807, 2.05) is 6.08 Å². The van der Waals surface area contributed by atoms with Crippen molar-refractivity contribution in [3.05, 3.63) is 52.6 Å². The van der Waals surface area contributed by atoms with Gasteiger partial charge in [-0.05, 0) is 119 Å². The topological polar surface area (TPSA) is 60.8 Å². The third-order valence-electron chi connectivity index (χ3n) is 10.7. The van der Waals surface area contributed by atoms with Crippen LogP contribution in [0.5, 0.6) is 0 Å². The molecule has 6 rings (SSSR count). The molecule has 1 saturated heterocycles. The summed E-state index contributed by atoms with van der Waals surface area (Å²) in [6.07, 6.45) is 10.2. The number of hydrogen-bond acceptors (Lipinski definition) is 4. The molecular formula is C35H45NO3. The van der Waals surface area contributed by atoms with Gasteiger partial charge in [-0.1, -0.05) is 36.5 Å². The Balaban J connectivity index is 1.44. The van der Waals surface area contributed by atoms with Crippen molar-refractivity contribution >= 4 is 11.5 Å². The minimum Gasteiger partial charge on any atom is -0.394 e. The fraction of sp³-hybridized carbons (Fsp3) is 0.629. The summed E-state index contributed by atoms with van der Waals surface area (Å²) in [5.41, 5.74) is 5.34. The van der Waals surface area contributed by atoms with Crippen LogP contribution in [-0.4, -0.2) is 40.8 Å². The highest BCUT2D eigenvalue weighted by Crippen LogP contribution is 2.66. The third-order valence-corrected chi connectivity index (χ3v) is 10.7. The highest BCUT2D eigenvalue weighted by molar-refractivity contribution is 5.93. The van der Waals surface area contributed by atoms with Crippen LogP contribution in [0.1, 0.15) is 97.0 Å². The monoisotopic (exact) mass is 527 g/mol. The van der Waals surface area contributed by atoms with Crippen LogP contribution in [0.4, 0.5) is 5.69 Å². The van der Waals surface area contributed by atoms with Gasteiger partial charge in [0.2, 0.25) is 0 Å². The van der Waals surface area contributed by atoms with Gasteiger partial charge < -0.3 is 15.1 Å². The Bertz CT molecular complexity index is 1270. The number of benzene rings is 1. The first-order valence-corrected chi connectivity index (χ1v) is 15.2. The van der Waals surface area contributed by atoms with Crippen LogP contribution in [0.3, 0.4) is 0 Å². The zero-order valence-electron chi connectivity index (χ0n) is 24.2. The summed E-state index contributed by atoms with van der Waals surface area (Å²) in [6, 6.07) is 9.27. The molecule has 0 aromatic heterocycles. The molecule has 2 N–H and O–H groups in total. The second-order valence-corrected chi connectivity index (χ2v) is 14.2. The van der Waals surface area contributed by atoms with Crippen molar-refractivity contribution in [2.75, 3.05) is 18.1 Å². The number of aliphatic hydroxyl groups is 2. The van der Waals surface area contributed by atoms with Gasteiger partial charge in [0.05, 0.1) is 12.6 Å². The van der Waals surface area contributed by atoms with Crippen molar-refractivity contribution in [2.45, 2.75) is 103 Å². The van der Waals surface area contributed by atoms with Crippen molar-refractivity contribution in [3.63, 3.8) is 0 Å². The zero-order valence-corrected chi connectivity index (χ0v) is 24.2. The van der Waals surface area contributed by atoms with Crippen molar-refractivity contribution in [2.24, 2.45) is 22.7 Å². The van der Waals surface area contributed by atoms with E-state index in [1.54, 1.807) is 5.57 Å². The normalized spacial score (nSPS) is 36.1. The second kappa shape index (κ2) is 9.64. The van der Waals surface area contributed by atoms with E-state index < -0.39 is 5.60 Å². The van der Waals surface area contributed by atoms with Crippen LogP contribution in [-0.2, 0) is 4.79 Å². The highest BCUT2D eigenvalue weighted by atomic mass is 16.3. The number of nitrogens with zero attached hydrogens (tertiary/aromatic N) is 1. The number of anilines is 1. The molecule has 1 aromatic carbocycles. The highest BCUT2D eigenvalue weighted by Gasteiger charge is 2.62. The Kier molecular flexibility index (Phi) is 6.63. The molecule has 0 bridgehead atoms. The molecule has 0 radical (unpaired) electrons. The number of ketones is 1. The number of hydrogen-bond donors (Lipinski definition) is 2. The van der Waals surface area contributed by atoms with Crippen molar-refractivity contribution < 1.29 is 15.0 Å². The third kappa shape index (κ3) is 4.51. The van der Waals surface area contributed by atoms with Crippen LogP contribution in [0.25, 0.3) is 0 Å². The summed E-state index contributed by atoms with van der Waals surface area (Å²) in [6.45, 7) is 9.86. The molecule has 4 aliphatic carbocycles. The summed E-state index contributed by atoms with van der Waals surface area (Å²) < 4.78 is 0. The first kappa shape index (κ1) is 26.9. The molecule has 4 heteroatoms. The summed E-state index contributed by atoms with van der Waals surface area (Å²) in [7, 11) is 0. The maximum absolute atomic E-state index is 12.3. The van der Waals surface area contributed by atoms with E-state index in [0.29, 0.717) is 18.3 Å². The molecule has 208 valence electrons. The SMILES string of the molecule is CC(C)(C)C#C[C@]1(O)CC[C@H]2[C@@H]3CCC4=CC(=O)CCC4=C3[C@@H](c3ccc(N4CCCC4CO)cc3)C[C@@]21C. The maximum Gasteiger partial charge on any atom is 0.156 e. The lowest BCUT2D eigenvalue weighted by atomic mass is 9.51. The van der Waals surface area contributed by atoms with E-state index in [0.717, 1.165) is 57.9 Å². The van der Waals surface area contributed by atoms with Crippen molar-refractivity contribution in [3.8, 4) is 11.8 Å². The molecular weight excluding hydrogens is 482 g/mol. The number of rotatable bonds is 3. The first-order valence-electron chi connectivity index (χ1n) is 15.2. The minimum absolute atomic E-state index is 0.150. The predicted molar refractivity (Wildman–Crippen MR) is 156 cm³/mol. The molecule has 39 heavy (non-hydrogen) atoms. The number of carbonyl (C=O) groups is 1. The van der Waals surface area contributed by atoms with Crippen molar-refractivity contribution in [1.82, 2.24) is 0 Å². The number of fused-ring (bicyclic) bond motifs is 4. The Labute approximate surface area is 234 Å². The molecule has 1 aliphatic heterocycles. The average Bonchev–Trinajstić information content (AvgIpc) is 3.49. The molecule has 1 heterocycles. The molecule has 2 saturated carbocycles. The van der Waals surface area contributed by atoms with Crippen LogP contribution in [0, 0.1) is 34.5 Å². The van der Waals surface area contributed by atoms with Crippen molar-refractivity contribution in [1.29, 1.82) is 0 Å². The average molecular weight is 528 g/mol. The predicted octanol–water partition coefficient (Wildman–Crippen LogP) is 6.33. The van der Waals surface area contributed by atoms with Crippen LogP contribution < -0.4 is 4.90 Å². The molecule has 6 atom stereocenters. The zero-order chi connectivity index (χ0) is 27.6. The fourth-order valence-electron chi connectivity index (χ4n) is 8.72. The summed E-state index contributed by atoms with van der Waals surface area (Å²) in [5, 5.41) is 22.1. The smallest absolute Gasteiger partial charge is 0.156 e. The molecule has 4 nitrogen and oxygen atoms in total. The number of allylic oxidation sites excluding steroid dienone is 4. The van der Waals surface area contributed by atoms with Gasteiger partial charge in [-0.2, -0.15) is 0 Å². The lowest BCUT2D eigenvalue weighted by molar-refractivity contribution is -0.114. The fourth-order valence-corrected chi connectivity index (χ4v) is 8.72. The molecule has 0 spiro atoms. The first-order chi connectivity index (χ1) is 18.5. The van der Waals surface area contributed by atoms with Gasteiger partial charge in [-0.25, -0.2) is 0 Å². The van der Waals surface area contributed by atoms with Gasteiger partial charge >= 0.3 is 0 Å². The van der Waals surface area contributed by atoms with Crippen LogP contribution in [0.2, 0.25) is 0 Å². The molecule has 1 unspecified atom stereocenters. The van der Waals surface area contributed by atoms with E-state index in [9.17, 15) is 15.0 Å². The van der Waals surface area contributed by atoms with Gasteiger partial charge in [0.1, 0.15) is 5.60 Å². The van der Waals surface area contributed by atoms with Gasteiger partial charge in [0, 0.05) is 35.4 Å². The second-order valence-electron chi connectivity index (χ2n) is 14.2. The van der Waals surface area contributed by atoms with Gasteiger partial charge in [0.15, 0.2) is 5.78 Å². The lowest BCUT2D eigenvalue weighted by Crippen LogP contribution is -2.51. The van der Waals surface area contributed by atoms with E-state index in [-0.39, 0.29) is 35.2 Å². The summed E-state index contributed by atoms with van der Waals surface area (Å²) in [5.74, 6) is 8.15. The van der Waals surface area contributed by atoms with Gasteiger partial charge in [-0.15, -0.1) is 0 Å². The Morgan fingerprint density at radius 3 is 2.56 bits per heavy atom. The quantitative estimate of drug-likeness (QED) is 0.451. The van der Waals surface area contributed by atoms with E-state index in [1.165, 1.54) is 22.4 Å². The minimum atomic E-state index is -0.984. The Morgan fingerprint density at radius 2 is 1.85 bits per heavy atom. The Morgan fingerprint density at radius 1 is 1.08 bits per heavy atom. The molecule has 1 aromatic rings.